The van der Waals surface area contributed by atoms with Crippen LogP contribution in [-0.4, -0.2) is 64.2 Å². The number of halogens is 2. The zero-order chi connectivity index (χ0) is 26.4. The third-order valence-corrected chi connectivity index (χ3v) is 5.54. The van der Waals surface area contributed by atoms with Gasteiger partial charge in [0.2, 0.25) is 5.95 Å². The lowest BCUT2D eigenvalue weighted by molar-refractivity contribution is -0.148. The number of esters is 2. The van der Waals surface area contributed by atoms with E-state index < -0.39 is 36.5 Å². The zero-order valence-electron chi connectivity index (χ0n) is 19.1. The van der Waals surface area contributed by atoms with Crippen LogP contribution in [0.3, 0.4) is 0 Å². The fourth-order valence-corrected chi connectivity index (χ4v) is 3.60. The summed E-state index contributed by atoms with van der Waals surface area (Å²) in [6.07, 6.45) is -1.24. The van der Waals surface area contributed by atoms with Crippen LogP contribution in [0.4, 0.5) is 21.8 Å². The Morgan fingerprint density at radius 3 is 2.50 bits per heavy atom. The van der Waals surface area contributed by atoms with Gasteiger partial charge in [-0.15, -0.1) is 0 Å². The summed E-state index contributed by atoms with van der Waals surface area (Å²) in [5.74, 6) is -2.63. The number of fused-ring (bicyclic) bond motifs is 1. The van der Waals surface area contributed by atoms with E-state index in [1.54, 1.807) is 6.07 Å². The summed E-state index contributed by atoms with van der Waals surface area (Å²) < 4.78 is 23.4. The normalized spacial score (nSPS) is 12.4. The average molecular weight is 565 g/mol. The molecule has 0 radical (unpaired) electrons. The molecule has 2 atom stereocenters. The second kappa shape index (κ2) is 11.5. The number of methoxy groups -OCH3 is 2. The lowest BCUT2D eigenvalue weighted by Gasteiger charge is -2.18. The van der Waals surface area contributed by atoms with E-state index in [1.807, 2.05) is 0 Å². The van der Waals surface area contributed by atoms with Crippen LogP contribution in [0.2, 0.25) is 0 Å². The molecule has 190 valence electrons. The highest BCUT2D eigenvalue weighted by Gasteiger charge is 2.30. The first-order valence-corrected chi connectivity index (χ1v) is 11.1. The molecule has 1 amide bonds. The SMILES string of the molecule is COC(=O)[C@H](F)C[C@H](NC(=O)c1ccc(NCc2cnc3nc(N)nc(N)c3n2)c(Br)c1)C(=O)OC. The van der Waals surface area contributed by atoms with Crippen LogP contribution in [0.25, 0.3) is 11.2 Å². The molecule has 0 saturated carbocycles. The average Bonchev–Trinajstić information content (AvgIpc) is 2.86. The number of nitrogens with zero attached hydrogens (tertiary/aromatic N) is 4. The third kappa shape index (κ3) is 6.29. The molecule has 2 aromatic heterocycles. The molecule has 0 spiro atoms. The lowest BCUT2D eigenvalue weighted by atomic mass is 10.1. The highest BCUT2D eigenvalue weighted by atomic mass is 79.9. The van der Waals surface area contributed by atoms with Crippen molar-refractivity contribution in [3.05, 3.63) is 40.1 Å². The Bertz CT molecular complexity index is 1310. The number of rotatable bonds is 9. The van der Waals surface area contributed by atoms with E-state index in [-0.39, 0.29) is 29.5 Å². The number of nitrogen functional groups attached to an aromatic ring is 2. The highest BCUT2D eigenvalue weighted by Crippen LogP contribution is 2.25. The van der Waals surface area contributed by atoms with Crippen LogP contribution in [0.5, 0.6) is 0 Å². The number of ether oxygens (including phenoxy) is 2. The number of amides is 1. The summed E-state index contributed by atoms with van der Waals surface area (Å²) in [6, 6.07) is 3.21. The number of carbonyl (C=O) groups is 3. The van der Waals surface area contributed by atoms with E-state index >= 15 is 0 Å². The predicted molar refractivity (Wildman–Crippen MR) is 130 cm³/mol. The number of hydrogen-bond donors (Lipinski definition) is 4. The van der Waals surface area contributed by atoms with Crippen molar-refractivity contribution in [2.75, 3.05) is 31.0 Å². The summed E-state index contributed by atoms with van der Waals surface area (Å²) >= 11 is 3.38. The van der Waals surface area contributed by atoms with Crippen molar-refractivity contribution in [1.29, 1.82) is 0 Å². The summed E-state index contributed by atoms with van der Waals surface area (Å²) in [5.41, 5.74) is 13.3. The van der Waals surface area contributed by atoms with Crippen molar-refractivity contribution < 1.29 is 28.2 Å². The van der Waals surface area contributed by atoms with Gasteiger partial charge < -0.3 is 31.6 Å². The fraction of sp³-hybridized carbons (Fsp3) is 0.286. The number of benzene rings is 1. The standard InChI is InChI=1S/C21H22BrFN8O5/c1-35-19(33)12(23)6-14(20(34)36-2)29-18(32)9-3-4-13(11(22)5-9)26-7-10-8-27-17-15(28-10)16(24)30-21(25)31-17/h3-5,8,12,14,26H,6-7H2,1-2H3,(H,29,32)(H4,24,25,27,30,31)/t12-,14+/m1/s1. The molecule has 36 heavy (non-hydrogen) atoms. The van der Waals surface area contributed by atoms with Gasteiger partial charge in [0, 0.05) is 22.1 Å². The molecule has 3 rings (SSSR count). The van der Waals surface area contributed by atoms with Crippen molar-refractivity contribution in [2.45, 2.75) is 25.2 Å². The van der Waals surface area contributed by atoms with Crippen molar-refractivity contribution in [3.63, 3.8) is 0 Å². The van der Waals surface area contributed by atoms with E-state index in [0.29, 0.717) is 21.4 Å². The number of carbonyl (C=O) groups excluding carboxylic acids is 3. The molecule has 0 bridgehead atoms. The van der Waals surface area contributed by atoms with Crippen molar-refractivity contribution in [2.24, 2.45) is 0 Å². The van der Waals surface area contributed by atoms with Crippen molar-refractivity contribution in [3.8, 4) is 0 Å². The molecule has 2 heterocycles. The number of anilines is 3. The van der Waals surface area contributed by atoms with Crippen LogP contribution in [0, 0.1) is 0 Å². The zero-order valence-corrected chi connectivity index (χ0v) is 20.7. The molecule has 6 N–H and O–H groups in total. The number of hydrogen-bond acceptors (Lipinski definition) is 12. The van der Waals surface area contributed by atoms with Gasteiger partial charge in [0.25, 0.3) is 5.91 Å². The third-order valence-electron chi connectivity index (χ3n) is 4.88. The van der Waals surface area contributed by atoms with E-state index in [1.165, 1.54) is 18.3 Å². The Labute approximate surface area is 212 Å². The maximum Gasteiger partial charge on any atom is 0.340 e. The van der Waals surface area contributed by atoms with E-state index in [2.05, 4.69) is 56.0 Å². The Hall–Kier alpha value is -4.14. The fourth-order valence-electron chi connectivity index (χ4n) is 3.08. The molecule has 0 saturated heterocycles. The molecule has 1 aromatic carbocycles. The first-order chi connectivity index (χ1) is 17.1. The summed E-state index contributed by atoms with van der Waals surface area (Å²) in [5, 5.41) is 5.51. The van der Waals surface area contributed by atoms with Gasteiger partial charge in [-0.1, -0.05) is 0 Å². The van der Waals surface area contributed by atoms with E-state index in [0.717, 1.165) is 14.2 Å². The number of nitrogens with two attached hydrogens (primary N) is 2. The molecule has 0 aliphatic rings. The van der Waals surface area contributed by atoms with Crippen LogP contribution in [0.15, 0.2) is 28.9 Å². The number of nitrogens with one attached hydrogen (secondary N) is 2. The molecule has 0 unspecified atom stereocenters. The topological polar surface area (TPSA) is 197 Å². The summed E-state index contributed by atoms with van der Waals surface area (Å²) in [6.45, 7) is 0.257. The van der Waals surface area contributed by atoms with Gasteiger partial charge in [-0.25, -0.2) is 23.9 Å². The molecule has 0 fully saturated rings. The maximum absolute atomic E-state index is 14.0. The van der Waals surface area contributed by atoms with Crippen LogP contribution in [-0.2, 0) is 25.6 Å². The lowest BCUT2D eigenvalue weighted by Crippen LogP contribution is -2.44. The molecule has 13 nitrogen and oxygen atoms in total. The van der Waals surface area contributed by atoms with Gasteiger partial charge in [-0.3, -0.25) is 4.79 Å². The number of alkyl halides is 1. The minimum atomic E-state index is -2.12. The number of aromatic nitrogens is 4. The Morgan fingerprint density at radius 2 is 1.83 bits per heavy atom. The molecule has 0 aliphatic heterocycles. The smallest absolute Gasteiger partial charge is 0.340 e. The monoisotopic (exact) mass is 564 g/mol. The van der Waals surface area contributed by atoms with Crippen LogP contribution >= 0.6 is 15.9 Å². The van der Waals surface area contributed by atoms with Gasteiger partial charge in [0.05, 0.1) is 32.7 Å². The molecule has 15 heteroatoms. The van der Waals surface area contributed by atoms with Crippen LogP contribution in [0.1, 0.15) is 22.5 Å². The predicted octanol–water partition coefficient (Wildman–Crippen LogP) is 1.13. The van der Waals surface area contributed by atoms with Gasteiger partial charge in [0.1, 0.15) is 6.04 Å². The highest BCUT2D eigenvalue weighted by molar-refractivity contribution is 9.10. The van der Waals surface area contributed by atoms with Gasteiger partial charge in [0.15, 0.2) is 23.2 Å². The first kappa shape index (κ1) is 26.5. The van der Waals surface area contributed by atoms with E-state index in [9.17, 15) is 18.8 Å². The minimum Gasteiger partial charge on any atom is -0.467 e. The molecular weight excluding hydrogens is 543 g/mol. The first-order valence-electron chi connectivity index (χ1n) is 10.3. The van der Waals surface area contributed by atoms with Gasteiger partial charge >= 0.3 is 11.9 Å². The molecule has 0 aliphatic carbocycles. The maximum atomic E-state index is 14.0. The summed E-state index contributed by atoms with van der Waals surface area (Å²) in [4.78, 5) is 52.4. The minimum absolute atomic E-state index is 0.000819. The van der Waals surface area contributed by atoms with Crippen LogP contribution < -0.4 is 22.1 Å². The molecular formula is C21H22BrFN8O5. The Balaban J connectivity index is 1.69. The second-order valence-electron chi connectivity index (χ2n) is 7.32. The summed E-state index contributed by atoms with van der Waals surface area (Å²) in [7, 11) is 2.10. The van der Waals surface area contributed by atoms with Crippen molar-refractivity contribution in [1.82, 2.24) is 25.3 Å². The Morgan fingerprint density at radius 1 is 1.11 bits per heavy atom. The van der Waals surface area contributed by atoms with Gasteiger partial charge in [-0.05, 0) is 34.1 Å². The van der Waals surface area contributed by atoms with Gasteiger partial charge in [-0.2, -0.15) is 9.97 Å². The van der Waals surface area contributed by atoms with Crippen molar-refractivity contribution >= 4 is 62.4 Å². The Kier molecular flexibility index (Phi) is 8.47. The largest absolute Gasteiger partial charge is 0.467 e. The second-order valence-corrected chi connectivity index (χ2v) is 8.18. The quantitative estimate of drug-likeness (QED) is 0.270. The van der Waals surface area contributed by atoms with E-state index in [4.69, 9.17) is 11.5 Å². The molecule has 3 aromatic rings.